The number of nitrogens with zero attached hydrogens (tertiary/aromatic N) is 2. The zero-order valence-corrected chi connectivity index (χ0v) is 10.2. The molecule has 86 valence electrons. The molecule has 1 N–H and O–H groups in total. The Morgan fingerprint density at radius 2 is 2.06 bits per heavy atom. The highest BCUT2D eigenvalue weighted by molar-refractivity contribution is 7.10. The van der Waals surface area contributed by atoms with E-state index in [9.17, 15) is 0 Å². The van der Waals surface area contributed by atoms with Gasteiger partial charge in [0.15, 0.2) is 0 Å². The zero-order valence-electron chi connectivity index (χ0n) is 9.34. The van der Waals surface area contributed by atoms with Crippen molar-refractivity contribution < 1.29 is 0 Å². The average molecular weight is 243 g/mol. The lowest BCUT2D eigenvalue weighted by atomic mass is 10.2. The maximum absolute atomic E-state index is 4.37. The van der Waals surface area contributed by atoms with Gasteiger partial charge >= 0.3 is 0 Å². The molecule has 2 aromatic rings. The molecule has 0 aliphatic carbocycles. The standard InChI is InChI=1S/C13H13N3S/c1-2-5-11(6-3-1)16-10-14-15-13(16)9-12-7-4-8-17-12/h1-8,14H,9-10H2. The van der Waals surface area contributed by atoms with Gasteiger partial charge in [-0.05, 0) is 23.6 Å². The Morgan fingerprint density at radius 3 is 2.82 bits per heavy atom. The molecule has 0 unspecified atom stereocenters. The fourth-order valence-electron chi connectivity index (χ4n) is 1.90. The summed E-state index contributed by atoms with van der Waals surface area (Å²) >= 11 is 1.77. The van der Waals surface area contributed by atoms with Gasteiger partial charge in [-0.15, -0.1) is 11.3 Å². The second kappa shape index (κ2) is 4.59. The van der Waals surface area contributed by atoms with Gasteiger partial charge in [0.05, 0.1) is 0 Å². The molecular formula is C13H13N3S. The molecule has 0 amide bonds. The lowest BCUT2D eigenvalue weighted by Crippen LogP contribution is -2.30. The first-order chi connectivity index (χ1) is 8.43. The first kappa shape index (κ1) is 10.4. The average Bonchev–Trinajstić information content (AvgIpc) is 3.02. The molecule has 17 heavy (non-hydrogen) atoms. The van der Waals surface area contributed by atoms with Gasteiger partial charge in [0.25, 0.3) is 0 Å². The van der Waals surface area contributed by atoms with Crippen LogP contribution in [0.25, 0.3) is 0 Å². The zero-order chi connectivity index (χ0) is 11.5. The first-order valence-corrected chi connectivity index (χ1v) is 6.46. The van der Waals surface area contributed by atoms with Crippen LogP contribution in [0, 0.1) is 0 Å². The maximum Gasteiger partial charge on any atom is 0.136 e. The molecule has 1 aliphatic rings. The summed E-state index contributed by atoms with van der Waals surface area (Å²) in [4.78, 5) is 3.55. The number of amidine groups is 1. The van der Waals surface area contributed by atoms with E-state index in [-0.39, 0.29) is 0 Å². The predicted molar refractivity (Wildman–Crippen MR) is 72.4 cm³/mol. The van der Waals surface area contributed by atoms with E-state index in [1.54, 1.807) is 11.3 Å². The molecule has 4 heteroatoms. The van der Waals surface area contributed by atoms with E-state index in [2.05, 4.69) is 57.2 Å². The highest BCUT2D eigenvalue weighted by Crippen LogP contribution is 2.19. The number of anilines is 1. The summed E-state index contributed by atoms with van der Waals surface area (Å²) in [6, 6.07) is 14.6. The van der Waals surface area contributed by atoms with Crippen LogP contribution in [0.5, 0.6) is 0 Å². The van der Waals surface area contributed by atoms with Crippen LogP contribution in [0.2, 0.25) is 0 Å². The molecule has 0 atom stereocenters. The van der Waals surface area contributed by atoms with E-state index < -0.39 is 0 Å². The van der Waals surface area contributed by atoms with Gasteiger partial charge in [-0.2, -0.15) is 5.10 Å². The van der Waals surface area contributed by atoms with E-state index in [4.69, 9.17) is 0 Å². The van der Waals surface area contributed by atoms with E-state index in [0.717, 1.165) is 18.9 Å². The quantitative estimate of drug-likeness (QED) is 0.897. The molecule has 0 saturated heterocycles. The molecule has 0 bridgehead atoms. The third kappa shape index (κ3) is 2.17. The number of hydrogen-bond donors (Lipinski definition) is 1. The van der Waals surface area contributed by atoms with Crippen molar-refractivity contribution in [2.75, 3.05) is 11.6 Å². The Hall–Kier alpha value is -1.81. The topological polar surface area (TPSA) is 27.6 Å². The van der Waals surface area contributed by atoms with Crippen molar-refractivity contribution in [2.24, 2.45) is 5.10 Å². The largest absolute Gasteiger partial charge is 0.309 e. The second-order valence-corrected chi connectivity index (χ2v) is 4.90. The number of nitrogens with one attached hydrogen (secondary N) is 1. The van der Waals surface area contributed by atoms with Gasteiger partial charge in [-0.3, -0.25) is 5.43 Å². The number of para-hydroxylation sites is 1. The molecule has 0 radical (unpaired) electrons. The Kier molecular flexibility index (Phi) is 2.80. The minimum atomic E-state index is 0.755. The van der Waals surface area contributed by atoms with Crippen molar-refractivity contribution >= 4 is 22.9 Å². The Bertz CT molecular complexity index is 505. The van der Waals surface area contributed by atoms with Crippen LogP contribution in [0.4, 0.5) is 5.69 Å². The third-order valence-electron chi connectivity index (χ3n) is 2.73. The first-order valence-electron chi connectivity index (χ1n) is 5.58. The molecule has 0 spiro atoms. The third-order valence-corrected chi connectivity index (χ3v) is 3.61. The predicted octanol–water partition coefficient (Wildman–Crippen LogP) is 2.67. The summed E-state index contributed by atoms with van der Waals surface area (Å²) in [6.07, 6.45) is 0.888. The maximum atomic E-state index is 4.37. The minimum Gasteiger partial charge on any atom is -0.309 e. The molecular weight excluding hydrogens is 230 g/mol. The van der Waals surface area contributed by atoms with Crippen LogP contribution in [-0.4, -0.2) is 12.5 Å². The molecule has 1 aromatic carbocycles. The summed E-state index contributed by atoms with van der Waals surface area (Å²) in [5, 5.41) is 6.47. The van der Waals surface area contributed by atoms with E-state index in [1.165, 1.54) is 10.6 Å². The van der Waals surface area contributed by atoms with Crippen LogP contribution >= 0.6 is 11.3 Å². The van der Waals surface area contributed by atoms with Crippen molar-refractivity contribution in [1.82, 2.24) is 5.43 Å². The lowest BCUT2D eigenvalue weighted by Gasteiger charge is -2.18. The van der Waals surface area contributed by atoms with Crippen molar-refractivity contribution in [3.05, 3.63) is 52.7 Å². The number of rotatable bonds is 3. The number of hydrogen-bond acceptors (Lipinski definition) is 4. The van der Waals surface area contributed by atoms with Crippen molar-refractivity contribution in [3.63, 3.8) is 0 Å². The van der Waals surface area contributed by atoms with Crippen molar-refractivity contribution in [2.45, 2.75) is 6.42 Å². The highest BCUT2D eigenvalue weighted by Gasteiger charge is 2.18. The van der Waals surface area contributed by atoms with Crippen LogP contribution in [0.1, 0.15) is 4.88 Å². The van der Waals surface area contributed by atoms with Gasteiger partial charge in [0.2, 0.25) is 0 Å². The number of benzene rings is 1. The van der Waals surface area contributed by atoms with Crippen LogP contribution in [0.3, 0.4) is 0 Å². The fraction of sp³-hybridized carbons (Fsp3) is 0.154. The molecule has 2 heterocycles. The van der Waals surface area contributed by atoms with Gasteiger partial charge in [-0.25, -0.2) is 0 Å². The molecule has 0 fully saturated rings. The lowest BCUT2D eigenvalue weighted by molar-refractivity contribution is 0.807. The van der Waals surface area contributed by atoms with Crippen LogP contribution < -0.4 is 10.3 Å². The Morgan fingerprint density at radius 1 is 1.18 bits per heavy atom. The fourth-order valence-corrected chi connectivity index (χ4v) is 2.60. The molecule has 1 aliphatic heterocycles. The highest BCUT2D eigenvalue weighted by atomic mass is 32.1. The van der Waals surface area contributed by atoms with Gasteiger partial charge in [-0.1, -0.05) is 24.3 Å². The molecule has 3 nitrogen and oxygen atoms in total. The van der Waals surface area contributed by atoms with Gasteiger partial charge in [0.1, 0.15) is 12.5 Å². The number of thiophene rings is 1. The summed E-state index contributed by atoms with van der Waals surface area (Å²) < 4.78 is 0. The normalized spacial score (nSPS) is 14.6. The van der Waals surface area contributed by atoms with Crippen LogP contribution in [-0.2, 0) is 6.42 Å². The van der Waals surface area contributed by atoms with E-state index in [1.807, 2.05) is 6.07 Å². The molecule has 3 rings (SSSR count). The smallest absolute Gasteiger partial charge is 0.136 e. The van der Waals surface area contributed by atoms with Gasteiger partial charge < -0.3 is 4.90 Å². The Labute approximate surface area is 104 Å². The van der Waals surface area contributed by atoms with Gasteiger partial charge in [0, 0.05) is 17.0 Å². The van der Waals surface area contributed by atoms with Crippen molar-refractivity contribution in [3.8, 4) is 0 Å². The minimum absolute atomic E-state index is 0.755. The monoisotopic (exact) mass is 243 g/mol. The summed E-state index contributed by atoms with van der Waals surface area (Å²) in [7, 11) is 0. The molecule has 0 saturated carbocycles. The summed E-state index contributed by atoms with van der Waals surface area (Å²) in [5.74, 6) is 1.08. The summed E-state index contributed by atoms with van der Waals surface area (Å²) in [5.41, 5.74) is 4.24. The molecule has 1 aromatic heterocycles. The second-order valence-electron chi connectivity index (χ2n) is 3.86. The number of hydrazone groups is 1. The Balaban J connectivity index is 1.80. The van der Waals surface area contributed by atoms with Crippen molar-refractivity contribution in [1.29, 1.82) is 0 Å². The van der Waals surface area contributed by atoms with Crippen LogP contribution in [0.15, 0.2) is 52.9 Å². The van der Waals surface area contributed by atoms with E-state index in [0.29, 0.717) is 0 Å². The SMILES string of the molecule is c1ccc(N2CNN=C2Cc2cccs2)cc1. The van der Waals surface area contributed by atoms with E-state index >= 15 is 0 Å². The summed E-state index contributed by atoms with van der Waals surface area (Å²) in [6.45, 7) is 0.755.